The largest absolute Gasteiger partial charge is 0.453 e. The fourth-order valence-corrected chi connectivity index (χ4v) is 2.85. The number of nitrogens with one attached hydrogen (secondary N) is 1. The van der Waals surface area contributed by atoms with Crippen molar-refractivity contribution in [3.8, 4) is 0 Å². The van der Waals surface area contributed by atoms with Crippen LogP contribution in [-0.4, -0.2) is 30.4 Å². The van der Waals surface area contributed by atoms with E-state index in [0.717, 1.165) is 5.56 Å². The summed E-state index contributed by atoms with van der Waals surface area (Å²) < 4.78 is 18.1. The molecule has 27 heavy (non-hydrogen) atoms. The molecule has 1 aliphatic heterocycles. The number of benzene rings is 2. The second kappa shape index (κ2) is 7.99. The van der Waals surface area contributed by atoms with Crippen molar-refractivity contribution >= 4 is 29.2 Å². The number of halogens is 1. The van der Waals surface area contributed by atoms with Crippen LogP contribution in [0.15, 0.2) is 48.5 Å². The van der Waals surface area contributed by atoms with Crippen molar-refractivity contribution in [2.24, 2.45) is 0 Å². The van der Waals surface area contributed by atoms with Gasteiger partial charge in [0.15, 0.2) is 6.10 Å². The van der Waals surface area contributed by atoms with Crippen LogP contribution in [-0.2, 0) is 25.5 Å². The van der Waals surface area contributed by atoms with Gasteiger partial charge < -0.3 is 10.1 Å². The highest BCUT2D eigenvalue weighted by molar-refractivity contribution is 6.11. The summed E-state index contributed by atoms with van der Waals surface area (Å²) in [5.41, 5.74) is 1.90. The number of hydrogen-bond acceptors (Lipinski definition) is 4. The molecule has 0 fully saturated rings. The molecule has 2 aromatic rings. The summed E-state index contributed by atoms with van der Waals surface area (Å²) in [6.07, 6.45) is -0.570. The van der Waals surface area contributed by atoms with Crippen molar-refractivity contribution in [3.63, 3.8) is 0 Å². The smallest absolute Gasteiger partial charge is 0.306 e. The third kappa shape index (κ3) is 4.49. The molecule has 1 N–H and O–H groups in total. The van der Waals surface area contributed by atoms with E-state index in [2.05, 4.69) is 5.32 Å². The SMILES string of the molecule is C[C@H](OC(=O)CCc1ccc(F)cc1)C(=O)N1CC(=O)Nc2ccccc21. The van der Waals surface area contributed by atoms with E-state index >= 15 is 0 Å². The van der Waals surface area contributed by atoms with Gasteiger partial charge in [-0.1, -0.05) is 24.3 Å². The number of fused-ring (bicyclic) bond motifs is 1. The van der Waals surface area contributed by atoms with Gasteiger partial charge in [0.1, 0.15) is 12.4 Å². The molecule has 140 valence electrons. The summed E-state index contributed by atoms with van der Waals surface area (Å²) in [6.45, 7) is 1.35. The number of ether oxygens (including phenoxy) is 1. The summed E-state index contributed by atoms with van der Waals surface area (Å²) in [5.74, 6) is -1.65. The molecule has 1 atom stereocenters. The van der Waals surface area contributed by atoms with Crippen LogP contribution in [0.25, 0.3) is 0 Å². The van der Waals surface area contributed by atoms with E-state index in [4.69, 9.17) is 4.74 Å². The molecule has 0 radical (unpaired) electrons. The maximum absolute atomic E-state index is 12.9. The van der Waals surface area contributed by atoms with Crippen molar-refractivity contribution < 1.29 is 23.5 Å². The average molecular weight is 370 g/mol. The van der Waals surface area contributed by atoms with Gasteiger partial charge >= 0.3 is 5.97 Å². The van der Waals surface area contributed by atoms with Gasteiger partial charge in [0.25, 0.3) is 5.91 Å². The molecular formula is C20H19FN2O4. The number of nitrogens with zero attached hydrogens (tertiary/aromatic N) is 1. The zero-order valence-corrected chi connectivity index (χ0v) is 14.8. The first-order valence-corrected chi connectivity index (χ1v) is 8.58. The number of carbonyl (C=O) groups excluding carboxylic acids is 3. The lowest BCUT2D eigenvalue weighted by Gasteiger charge is -2.30. The Balaban J connectivity index is 1.59. The Bertz CT molecular complexity index is 867. The van der Waals surface area contributed by atoms with Crippen LogP contribution in [0.4, 0.5) is 15.8 Å². The summed E-state index contributed by atoms with van der Waals surface area (Å²) in [5, 5.41) is 2.70. The molecule has 0 spiro atoms. The van der Waals surface area contributed by atoms with Crippen LogP contribution in [0.5, 0.6) is 0 Å². The Morgan fingerprint density at radius 3 is 2.63 bits per heavy atom. The van der Waals surface area contributed by atoms with Gasteiger partial charge in [-0.15, -0.1) is 0 Å². The maximum atomic E-state index is 12.9. The standard InChI is InChI=1S/C20H19FN2O4/c1-13(27-19(25)11-8-14-6-9-15(21)10-7-14)20(26)23-12-18(24)22-16-4-2-3-5-17(16)23/h2-7,9-10,13H,8,11-12H2,1H3,(H,22,24)/t13-/m0/s1. The zero-order chi connectivity index (χ0) is 19.4. The Morgan fingerprint density at radius 2 is 1.89 bits per heavy atom. The van der Waals surface area contributed by atoms with Crippen LogP contribution in [0.2, 0.25) is 0 Å². The topological polar surface area (TPSA) is 75.7 Å². The van der Waals surface area contributed by atoms with Crippen molar-refractivity contribution in [1.29, 1.82) is 0 Å². The number of amides is 2. The Kier molecular flexibility index (Phi) is 5.49. The molecule has 0 saturated heterocycles. The van der Waals surface area contributed by atoms with Gasteiger partial charge in [-0.3, -0.25) is 19.3 Å². The third-order valence-electron chi connectivity index (χ3n) is 4.22. The highest BCUT2D eigenvalue weighted by atomic mass is 19.1. The third-order valence-corrected chi connectivity index (χ3v) is 4.22. The van der Waals surface area contributed by atoms with Crippen molar-refractivity contribution in [1.82, 2.24) is 0 Å². The molecule has 0 bridgehead atoms. The molecule has 7 heteroatoms. The zero-order valence-electron chi connectivity index (χ0n) is 14.8. The highest BCUT2D eigenvalue weighted by Gasteiger charge is 2.31. The van der Waals surface area contributed by atoms with Crippen molar-refractivity contribution in [2.75, 3.05) is 16.8 Å². The lowest BCUT2D eigenvalue weighted by molar-refractivity contribution is -0.153. The number of esters is 1. The fraction of sp³-hybridized carbons (Fsp3) is 0.250. The minimum Gasteiger partial charge on any atom is -0.453 e. The number of hydrogen-bond donors (Lipinski definition) is 1. The first-order valence-electron chi connectivity index (χ1n) is 8.58. The van der Waals surface area contributed by atoms with Crippen LogP contribution < -0.4 is 10.2 Å². The molecule has 0 aromatic heterocycles. The van der Waals surface area contributed by atoms with Crippen LogP contribution in [0, 0.1) is 5.82 Å². The Labute approximate surface area is 155 Å². The van der Waals surface area contributed by atoms with E-state index in [1.165, 1.54) is 24.0 Å². The van der Waals surface area contributed by atoms with Gasteiger partial charge in [0.05, 0.1) is 11.4 Å². The quantitative estimate of drug-likeness (QED) is 0.821. The Morgan fingerprint density at radius 1 is 1.19 bits per heavy atom. The normalized spacial score (nSPS) is 14.1. The molecule has 2 amide bonds. The van der Waals surface area contributed by atoms with Gasteiger partial charge in [-0.05, 0) is 43.2 Å². The van der Waals surface area contributed by atoms with Crippen LogP contribution in [0.3, 0.4) is 0 Å². The van der Waals surface area contributed by atoms with Gasteiger partial charge in [0, 0.05) is 6.42 Å². The van der Waals surface area contributed by atoms with E-state index in [-0.39, 0.29) is 24.7 Å². The first-order chi connectivity index (χ1) is 12.9. The minimum absolute atomic E-state index is 0.0698. The fourth-order valence-electron chi connectivity index (χ4n) is 2.85. The number of aryl methyl sites for hydroxylation is 1. The van der Waals surface area contributed by atoms with Crippen LogP contribution >= 0.6 is 0 Å². The molecule has 0 unspecified atom stereocenters. The monoisotopic (exact) mass is 370 g/mol. The van der Waals surface area contributed by atoms with E-state index in [1.54, 1.807) is 36.4 Å². The van der Waals surface area contributed by atoms with E-state index in [1.807, 2.05) is 0 Å². The number of para-hydroxylation sites is 2. The molecule has 1 aliphatic rings. The van der Waals surface area contributed by atoms with Gasteiger partial charge in [-0.2, -0.15) is 0 Å². The second-order valence-electron chi connectivity index (χ2n) is 6.25. The van der Waals surface area contributed by atoms with Gasteiger partial charge in [-0.25, -0.2) is 4.39 Å². The summed E-state index contributed by atoms with van der Waals surface area (Å²) in [6, 6.07) is 12.8. The highest BCUT2D eigenvalue weighted by Crippen LogP contribution is 2.29. The molecule has 0 aliphatic carbocycles. The second-order valence-corrected chi connectivity index (χ2v) is 6.25. The van der Waals surface area contributed by atoms with E-state index in [0.29, 0.717) is 17.8 Å². The molecule has 2 aromatic carbocycles. The van der Waals surface area contributed by atoms with E-state index < -0.39 is 18.0 Å². The molecule has 0 saturated carbocycles. The van der Waals surface area contributed by atoms with Crippen molar-refractivity contribution in [2.45, 2.75) is 25.9 Å². The van der Waals surface area contributed by atoms with Crippen molar-refractivity contribution in [3.05, 3.63) is 59.9 Å². The van der Waals surface area contributed by atoms with Gasteiger partial charge in [0.2, 0.25) is 5.91 Å². The molecular weight excluding hydrogens is 351 g/mol. The molecule has 3 rings (SSSR count). The predicted molar refractivity (Wildman–Crippen MR) is 97.7 cm³/mol. The molecule has 6 nitrogen and oxygen atoms in total. The minimum atomic E-state index is -1.02. The number of rotatable bonds is 5. The predicted octanol–water partition coefficient (Wildman–Crippen LogP) is 2.68. The molecule has 1 heterocycles. The average Bonchev–Trinajstić information content (AvgIpc) is 2.66. The maximum Gasteiger partial charge on any atom is 0.306 e. The summed E-state index contributed by atoms with van der Waals surface area (Å²) in [7, 11) is 0. The first kappa shape index (κ1) is 18.6. The summed E-state index contributed by atoms with van der Waals surface area (Å²) in [4.78, 5) is 37.9. The summed E-state index contributed by atoms with van der Waals surface area (Å²) >= 11 is 0. The Hall–Kier alpha value is -3.22. The lowest BCUT2D eigenvalue weighted by atomic mass is 10.1. The van der Waals surface area contributed by atoms with Crippen LogP contribution in [0.1, 0.15) is 18.9 Å². The number of anilines is 2. The number of carbonyl (C=O) groups is 3. The lowest BCUT2D eigenvalue weighted by Crippen LogP contribution is -2.47. The van der Waals surface area contributed by atoms with E-state index in [9.17, 15) is 18.8 Å².